The summed E-state index contributed by atoms with van der Waals surface area (Å²) in [5, 5.41) is 57.2. The number of esters is 1. The van der Waals surface area contributed by atoms with E-state index in [9.17, 15) is 35.1 Å². The SMILES string of the molecule is CCCCC/C=C\C/C=C\C/C=C\C/C=C\CCCCCCCCCCC(O)C(=O)NC(COC1OC(CO)C(O)C(O)C1OC(=O)CCCCCCCCC/C=C\C/C=C\C/C=C\C/C=C\CCCCC)C(O)/C=C/CCCCCCCCCCC. The largest absolute Gasteiger partial charge is 0.454 e. The molecule has 8 atom stereocenters. The van der Waals surface area contributed by atoms with E-state index in [1.54, 1.807) is 6.08 Å². The third-order valence-electron chi connectivity index (χ3n) is 16.1. The summed E-state index contributed by atoms with van der Waals surface area (Å²) in [6.45, 7) is 5.73. The zero-order chi connectivity index (χ0) is 63.1. The first kappa shape index (κ1) is 81.3. The van der Waals surface area contributed by atoms with Gasteiger partial charge in [0.05, 0.1) is 25.4 Å². The molecule has 1 fully saturated rings. The maximum absolute atomic E-state index is 13.5. The summed E-state index contributed by atoms with van der Waals surface area (Å²) in [6.07, 6.45) is 75.5. The lowest BCUT2D eigenvalue weighted by molar-refractivity contribution is -0.305. The Bertz CT molecular complexity index is 1830. The van der Waals surface area contributed by atoms with Gasteiger partial charge in [0.1, 0.15) is 24.4 Å². The number of amides is 1. The van der Waals surface area contributed by atoms with Crippen molar-refractivity contribution in [1.29, 1.82) is 0 Å². The summed E-state index contributed by atoms with van der Waals surface area (Å²) >= 11 is 0. The molecule has 500 valence electrons. The molecule has 1 heterocycles. The first-order chi connectivity index (χ1) is 42.7. The Morgan fingerprint density at radius 1 is 0.448 bits per heavy atom. The molecule has 0 aromatic rings. The summed E-state index contributed by atoms with van der Waals surface area (Å²) in [4.78, 5) is 26.7. The van der Waals surface area contributed by atoms with Crippen LogP contribution in [0.2, 0.25) is 0 Å². The van der Waals surface area contributed by atoms with E-state index < -0.39 is 67.4 Å². The molecule has 1 aliphatic rings. The molecule has 1 aliphatic heterocycles. The summed E-state index contributed by atoms with van der Waals surface area (Å²) < 4.78 is 17.7. The first-order valence-electron chi connectivity index (χ1n) is 35.7. The third kappa shape index (κ3) is 49.7. The highest BCUT2D eigenvalue weighted by Crippen LogP contribution is 2.26. The van der Waals surface area contributed by atoms with E-state index in [4.69, 9.17) is 14.2 Å². The van der Waals surface area contributed by atoms with E-state index in [1.165, 1.54) is 116 Å². The molecule has 0 bridgehead atoms. The number of unbranched alkanes of at least 4 members (excludes halogenated alkanes) is 30. The zero-order valence-electron chi connectivity index (χ0n) is 55.6. The maximum atomic E-state index is 13.5. The number of hydrogen-bond acceptors (Lipinski definition) is 10. The molecule has 0 spiro atoms. The van der Waals surface area contributed by atoms with Gasteiger partial charge >= 0.3 is 5.97 Å². The van der Waals surface area contributed by atoms with E-state index in [-0.39, 0.29) is 19.4 Å². The fourth-order valence-corrected chi connectivity index (χ4v) is 10.5. The smallest absolute Gasteiger partial charge is 0.306 e. The fraction of sp³-hybridized carbons (Fsp3) is 0.737. The van der Waals surface area contributed by atoms with Crippen molar-refractivity contribution in [2.45, 2.75) is 346 Å². The van der Waals surface area contributed by atoms with Crippen LogP contribution in [0.4, 0.5) is 0 Å². The summed E-state index contributed by atoms with van der Waals surface area (Å²) in [5.41, 5.74) is 0. The summed E-state index contributed by atoms with van der Waals surface area (Å²) in [6, 6.07) is -1.04. The Kier molecular flexibility index (Phi) is 58.4. The predicted molar refractivity (Wildman–Crippen MR) is 365 cm³/mol. The van der Waals surface area contributed by atoms with Crippen molar-refractivity contribution in [2.75, 3.05) is 13.2 Å². The number of aliphatic hydroxyl groups excluding tert-OH is 5. The Balaban J connectivity index is 2.58. The van der Waals surface area contributed by atoms with E-state index in [2.05, 4.69) is 123 Å². The number of carbonyl (C=O) groups excluding carboxylic acids is 2. The van der Waals surface area contributed by atoms with Crippen molar-refractivity contribution >= 4 is 11.9 Å². The van der Waals surface area contributed by atoms with Gasteiger partial charge in [0, 0.05) is 6.42 Å². The molecule has 11 heteroatoms. The van der Waals surface area contributed by atoms with Gasteiger partial charge in [0.25, 0.3) is 0 Å². The van der Waals surface area contributed by atoms with Crippen molar-refractivity contribution in [1.82, 2.24) is 5.32 Å². The number of carbonyl (C=O) groups is 2. The zero-order valence-corrected chi connectivity index (χ0v) is 55.6. The number of ether oxygens (including phenoxy) is 3. The molecule has 1 saturated heterocycles. The van der Waals surface area contributed by atoms with E-state index in [0.29, 0.717) is 12.8 Å². The van der Waals surface area contributed by atoms with Crippen LogP contribution in [0.15, 0.2) is 109 Å². The minimum Gasteiger partial charge on any atom is -0.454 e. The standard InChI is InChI=1S/C76H131NO10/c1-4-7-10-13-16-19-22-24-26-28-30-32-34-36-37-39-41-43-45-48-51-54-57-60-63-69(80)75(84)77-67(68(79)62-59-56-53-50-47-21-18-15-12-9-6-3)66-85-76-74(73(83)72(82)70(65-78)86-76)87-71(81)64-61-58-55-52-49-46-44-42-40-38-35-33-31-29-27-25-23-20-17-14-11-8-5-2/h16-17,19-20,24-27,30-33,36-38,40,59,62,67-70,72-74,76,78-80,82-83H,4-15,18,21-23,28-29,34-35,39,41-58,60-61,63-66H2,1-3H3,(H,77,84)/b19-16-,20-17-,26-24-,27-25-,32-30-,33-31-,37-36-,40-38-,62-59+. The molecular weight excluding hydrogens is 1090 g/mol. The minimum absolute atomic E-state index is 0.106. The Morgan fingerprint density at radius 3 is 1.21 bits per heavy atom. The van der Waals surface area contributed by atoms with Crippen LogP contribution in [0.5, 0.6) is 0 Å². The summed E-state index contributed by atoms with van der Waals surface area (Å²) in [7, 11) is 0. The van der Waals surface area contributed by atoms with E-state index in [0.717, 1.165) is 135 Å². The van der Waals surface area contributed by atoms with Gasteiger partial charge in [0.2, 0.25) is 5.91 Å². The lowest BCUT2D eigenvalue weighted by Crippen LogP contribution is -2.61. The van der Waals surface area contributed by atoms with Crippen molar-refractivity contribution in [2.24, 2.45) is 0 Å². The van der Waals surface area contributed by atoms with Crippen LogP contribution >= 0.6 is 0 Å². The van der Waals surface area contributed by atoms with E-state index in [1.807, 2.05) is 6.08 Å². The van der Waals surface area contributed by atoms with Gasteiger partial charge < -0.3 is 45.1 Å². The second-order valence-electron chi connectivity index (χ2n) is 24.3. The quantitative estimate of drug-likeness (QED) is 0.0195. The lowest BCUT2D eigenvalue weighted by Gasteiger charge is -2.41. The van der Waals surface area contributed by atoms with E-state index >= 15 is 0 Å². The lowest BCUT2D eigenvalue weighted by atomic mass is 9.99. The maximum Gasteiger partial charge on any atom is 0.306 e. The van der Waals surface area contributed by atoms with Crippen LogP contribution in [0.25, 0.3) is 0 Å². The van der Waals surface area contributed by atoms with Crippen molar-refractivity contribution in [3.8, 4) is 0 Å². The highest BCUT2D eigenvalue weighted by Gasteiger charge is 2.47. The topological polar surface area (TPSA) is 175 Å². The number of allylic oxidation sites excluding steroid dienone is 17. The number of aliphatic hydroxyl groups is 5. The second kappa shape index (κ2) is 62.5. The monoisotopic (exact) mass is 1220 g/mol. The molecule has 0 saturated carbocycles. The fourth-order valence-electron chi connectivity index (χ4n) is 10.5. The molecular formula is C76H131NO10. The van der Waals surface area contributed by atoms with Gasteiger partial charge in [0.15, 0.2) is 12.4 Å². The van der Waals surface area contributed by atoms with Gasteiger partial charge in [-0.15, -0.1) is 0 Å². The van der Waals surface area contributed by atoms with Crippen molar-refractivity contribution < 1.29 is 49.3 Å². The normalized spacial score (nSPS) is 18.9. The van der Waals surface area contributed by atoms with Gasteiger partial charge in [-0.25, -0.2) is 0 Å². The molecule has 0 radical (unpaired) electrons. The first-order valence-corrected chi connectivity index (χ1v) is 35.7. The molecule has 0 aromatic heterocycles. The molecule has 11 nitrogen and oxygen atoms in total. The van der Waals surface area contributed by atoms with Crippen LogP contribution in [-0.4, -0.2) is 99.6 Å². The molecule has 1 rings (SSSR count). The van der Waals surface area contributed by atoms with Crippen molar-refractivity contribution in [3.05, 3.63) is 109 Å². The van der Waals surface area contributed by atoms with Gasteiger partial charge in [-0.1, -0.05) is 284 Å². The van der Waals surface area contributed by atoms with Crippen LogP contribution < -0.4 is 5.32 Å². The highest BCUT2D eigenvalue weighted by molar-refractivity contribution is 5.80. The van der Waals surface area contributed by atoms with Crippen LogP contribution in [0.1, 0.15) is 297 Å². The molecule has 1 amide bonds. The van der Waals surface area contributed by atoms with Gasteiger partial charge in [-0.2, -0.15) is 0 Å². The molecule has 0 aliphatic carbocycles. The minimum atomic E-state index is -1.63. The molecule has 8 unspecified atom stereocenters. The number of hydrogen-bond donors (Lipinski definition) is 6. The van der Waals surface area contributed by atoms with Crippen LogP contribution in [0.3, 0.4) is 0 Å². The Hall–Kier alpha value is -3.68. The molecule has 0 aromatic carbocycles. The second-order valence-corrected chi connectivity index (χ2v) is 24.3. The van der Waals surface area contributed by atoms with Crippen LogP contribution in [-0.2, 0) is 23.8 Å². The van der Waals surface area contributed by atoms with Gasteiger partial charge in [-0.3, -0.25) is 9.59 Å². The Morgan fingerprint density at radius 2 is 0.793 bits per heavy atom. The molecule has 6 N–H and O–H groups in total. The number of rotatable bonds is 60. The number of nitrogens with one attached hydrogen (secondary N) is 1. The third-order valence-corrected chi connectivity index (χ3v) is 16.1. The average Bonchev–Trinajstić information content (AvgIpc) is 1.30. The summed E-state index contributed by atoms with van der Waals surface area (Å²) in [5.74, 6) is -1.21. The highest BCUT2D eigenvalue weighted by atomic mass is 16.7. The van der Waals surface area contributed by atoms with Crippen LogP contribution in [0, 0.1) is 0 Å². The Labute approximate surface area is 532 Å². The average molecular weight is 1220 g/mol. The molecule has 87 heavy (non-hydrogen) atoms. The van der Waals surface area contributed by atoms with Gasteiger partial charge in [-0.05, 0) is 116 Å². The predicted octanol–water partition coefficient (Wildman–Crippen LogP) is 18.4. The van der Waals surface area contributed by atoms with Crippen molar-refractivity contribution in [3.63, 3.8) is 0 Å².